The lowest BCUT2D eigenvalue weighted by Gasteiger charge is -2.10. The Labute approximate surface area is 167 Å². The van der Waals surface area contributed by atoms with E-state index in [-0.39, 0.29) is 18.4 Å². The molecule has 3 aromatic rings. The molecule has 2 N–H and O–H groups in total. The van der Waals surface area contributed by atoms with Crippen LogP contribution in [0.25, 0.3) is 0 Å². The number of carbonyl (C=O) groups excluding carboxylic acids is 1. The summed E-state index contributed by atoms with van der Waals surface area (Å²) in [5.41, 5.74) is 1.67. The largest absolute Gasteiger partial charge is 0.494 e. The molecule has 0 bridgehead atoms. The van der Waals surface area contributed by atoms with Crippen LogP contribution >= 0.6 is 0 Å². The molecule has 0 spiro atoms. The number of fused-ring (bicyclic) bond motifs is 1. The van der Waals surface area contributed by atoms with Crippen molar-refractivity contribution in [2.45, 2.75) is 13.8 Å². The number of benzene rings is 2. The molecule has 1 aliphatic rings. The van der Waals surface area contributed by atoms with Gasteiger partial charge >= 0.3 is 0 Å². The Morgan fingerprint density at radius 1 is 1.03 bits per heavy atom. The van der Waals surface area contributed by atoms with Crippen molar-refractivity contribution in [3.8, 4) is 17.2 Å². The molecule has 0 unspecified atom stereocenters. The van der Waals surface area contributed by atoms with E-state index in [2.05, 4.69) is 20.6 Å². The third-order valence-electron chi connectivity index (χ3n) is 4.14. The zero-order chi connectivity index (χ0) is 20.2. The normalized spacial score (nSPS) is 11.8. The minimum absolute atomic E-state index is 0.179. The van der Waals surface area contributed by atoms with Gasteiger partial charge in [0.25, 0.3) is 5.91 Å². The molecule has 29 heavy (non-hydrogen) atoms. The number of carbonyl (C=O) groups is 1. The number of aryl methyl sites for hydroxylation is 1. The van der Waals surface area contributed by atoms with Crippen LogP contribution in [-0.2, 0) is 0 Å². The summed E-state index contributed by atoms with van der Waals surface area (Å²) in [7, 11) is 0. The lowest BCUT2D eigenvalue weighted by molar-refractivity contribution is 0.102. The van der Waals surface area contributed by atoms with E-state index in [0.717, 1.165) is 11.4 Å². The van der Waals surface area contributed by atoms with E-state index in [0.29, 0.717) is 35.4 Å². The lowest BCUT2D eigenvalue weighted by Crippen LogP contribution is -2.15. The number of anilines is 3. The third-order valence-corrected chi connectivity index (χ3v) is 4.14. The zero-order valence-corrected chi connectivity index (χ0v) is 16.1. The first kappa shape index (κ1) is 18.5. The maximum Gasteiger partial charge on any atom is 0.274 e. The van der Waals surface area contributed by atoms with Crippen LogP contribution in [0.1, 0.15) is 23.2 Å². The highest BCUT2D eigenvalue weighted by Gasteiger charge is 2.16. The first-order valence-corrected chi connectivity index (χ1v) is 9.17. The number of hydrogen-bond acceptors (Lipinski definition) is 7. The molecule has 1 amide bonds. The van der Waals surface area contributed by atoms with Crippen molar-refractivity contribution in [2.24, 2.45) is 0 Å². The summed E-state index contributed by atoms with van der Waals surface area (Å²) < 4.78 is 16.1. The molecule has 2 aromatic carbocycles. The summed E-state index contributed by atoms with van der Waals surface area (Å²) in [6.45, 7) is 4.46. The third kappa shape index (κ3) is 4.37. The number of nitrogens with zero attached hydrogens (tertiary/aromatic N) is 2. The van der Waals surface area contributed by atoms with Crippen LogP contribution in [-0.4, -0.2) is 29.3 Å². The SMILES string of the molecule is CCOc1ccc(Nc2cc(C(=O)Nc3ccc4c(c3)OCO4)nc(C)n2)cc1. The van der Waals surface area contributed by atoms with Gasteiger partial charge in [-0.3, -0.25) is 4.79 Å². The molecular weight excluding hydrogens is 372 g/mol. The maximum atomic E-state index is 12.7. The molecule has 0 aliphatic carbocycles. The van der Waals surface area contributed by atoms with Crippen molar-refractivity contribution in [3.63, 3.8) is 0 Å². The molecule has 148 valence electrons. The highest BCUT2D eigenvalue weighted by molar-refractivity contribution is 6.03. The standard InChI is InChI=1S/C21H20N4O4/c1-3-27-16-7-4-14(5-8-16)24-20-11-17(22-13(2)23-20)21(26)25-15-6-9-18-19(10-15)29-12-28-18/h4-11H,3,12H2,1-2H3,(H,25,26)(H,22,23,24). The van der Waals surface area contributed by atoms with E-state index in [1.807, 2.05) is 31.2 Å². The summed E-state index contributed by atoms with van der Waals surface area (Å²) in [5.74, 6) is 2.71. The van der Waals surface area contributed by atoms with Gasteiger partial charge in [-0.25, -0.2) is 9.97 Å². The molecular formula is C21H20N4O4. The molecule has 0 atom stereocenters. The van der Waals surface area contributed by atoms with Gasteiger partial charge in [0.15, 0.2) is 11.5 Å². The van der Waals surface area contributed by atoms with E-state index in [4.69, 9.17) is 14.2 Å². The van der Waals surface area contributed by atoms with E-state index in [9.17, 15) is 4.79 Å². The lowest BCUT2D eigenvalue weighted by atomic mass is 10.2. The van der Waals surface area contributed by atoms with Gasteiger partial charge in [-0.05, 0) is 50.2 Å². The van der Waals surface area contributed by atoms with Gasteiger partial charge in [0.05, 0.1) is 6.61 Å². The first-order valence-electron chi connectivity index (χ1n) is 9.17. The van der Waals surface area contributed by atoms with Crippen LogP contribution in [0.3, 0.4) is 0 Å². The van der Waals surface area contributed by atoms with Crippen LogP contribution in [0.5, 0.6) is 17.2 Å². The highest BCUT2D eigenvalue weighted by atomic mass is 16.7. The summed E-state index contributed by atoms with van der Waals surface area (Å²) in [4.78, 5) is 21.3. The number of ether oxygens (including phenoxy) is 3. The first-order chi connectivity index (χ1) is 14.1. The molecule has 4 rings (SSSR count). The van der Waals surface area contributed by atoms with Crippen molar-refractivity contribution in [3.05, 3.63) is 60.0 Å². The van der Waals surface area contributed by atoms with E-state index >= 15 is 0 Å². The van der Waals surface area contributed by atoms with Crippen LogP contribution in [0.2, 0.25) is 0 Å². The van der Waals surface area contributed by atoms with E-state index < -0.39 is 0 Å². The Kier molecular flexibility index (Phi) is 5.15. The number of rotatable bonds is 6. The van der Waals surface area contributed by atoms with Gasteiger partial charge in [-0.15, -0.1) is 0 Å². The molecule has 0 saturated carbocycles. The fourth-order valence-electron chi connectivity index (χ4n) is 2.87. The monoisotopic (exact) mass is 392 g/mol. The minimum atomic E-state index is -0.343. The number of nitrogens with one attached hydrogen (secondary N) is 2. The number of amides is 1. The Morgan fingerprint density at radius 2 is 1.79 bits per heavy atom. The zero-order valence-electron chi connectivity index (χ0n) is 16.1. The second-order valence-corrected chi connectivity index (χ2v) is 6.29. The van der Waals surface area contributed by atoms with E-state index in [1.54, 1.807) is 31.2 Å². The molecule has 0 saturated heterocycles. The van der Waals surface area contributed by atoms with Gasteiger partial charge in [-0.1, -0.05) is 0 Å². The average molecular weight is 392 g/mol. The van der Waals surface area contributed by atoms with Crippen LogP contribution < -0.4 is 24.8 Å². The second-order valence-electron chi connectivity index (χ2n) is 6.29. The van der Waals surface area contributed by atoms with Crippen molar-refractivity contribution >= 4 is 23.1 Å². The van der Waals surface area contributed by atoms with Crippen molar-refractivity contribution in [1.82, 2.24) is 9.97 Å². The maximum absolute atomic E-state index is 12.7. The predicted octanol–water partition coefficient (Wildman–Crippen LogP) is 3.91. The molecule has 8 heteroatoms. The van der Waals surface area contributed by atoms with Gasteiger partial charge < -0.3 is 24.8 Å². The fourth-order valence-corrected chi connectivity index (χ4v) is 2.87. The summed E-state index contributed by atoms with van der Waals surface area (Å²) >= 11 is 0. The number of hydrogen-bond donors (Lipinski definition) is 2. The Bertz CT molecular complexity index is 1040. The molecule has 8 nitrogen and oxygen atoms in total. The second kappa shape index (κ2) is 8.05. The average Bonchev–Trinajstić information content (AvgIpc) is 3.17. The Morgan fingerprint density at radius 3 is 2.59 bits per heavy atom. The Hall–Kier alpha value is -3.81. The van der Waals surface area contributed by atoms with Crippen molar-refractivity contribution in [2.75, 3.05) is 24.0 Å². The summed E-state index contributed by atoms with van der Waals surface area (Å²) in [6, 6.07) is 14.3. The van der Waals surface area contributed by atoms with Gasteiger partial charge in [0.1, 0.15) is 23.1 Å². The predicted molar refractivity (Wildman–Crippen MR) is 108 cm³/mol. The van der Waals surface area contributed by atoms with Gasteiger partial charge in [0.2, 0.25) is 6.79 Å². The van der Waals surface area contributed by atoms with Crippen molar-refractivity contribution < 1.29 is 19.0 Å². The topological polar surface area (TPSA) is 94.6 Å². The molecule has 0 fully saturated rings. The van der Waals surface area contributed by atoms with E-state index in [1.165, 1.54) is 0 Å². The summed E-state index contributed by atoms with van der Waals surface area (Å²) in [6.07, 6.45) is 0. The smallest absolute Gasteiger partial charge is 0.274 e. The van der Waals surface area contributed by atoms with Crippen LogP contribution in [0.15, 0.2) is 48.5 Å². The number of aromatic nitrogens is 2. The Balaban J connectivity index is 1.49. The molecule has 1 aliphatic heterocycles. The highest BCUT2D eigenvalue weighted by Crippen LogP contribution is 2.34. The fraction of sp³-hybridized carbons (Fsp3) is 0.190. The quantitative estimate of drug-likeness (QED) is 0.657. The van der Waals surface area contributed by atoms with Crippen LogP contribution in [0, 0.1) is 6.92 Å². The van der Waals surface area contributed by atoms with Gasteiger partial charge in [-0.2, -0.15) is 0 Å². The summed E-state index contributed by atoms with van der Waals surface area (Å²) in [5, 5.41) is 6.00. The van der Waals surface area contributed by atoms with Crippen molar-refractivity contribution in [1.29, 1.82) is 0 Å². The molecule has 1 aromatic heterocycles. The minimum Gasteiger partial charge on any atom is -0.494 e. The van der Waals surface area contributed by atoms with Gasteiger partial charge in [0, 0.05) is 23.5 Å². The molecule has 0 radical (unpaired) electrons. The molecule has 2 heterocycles. The van der Waals surface area contributed by atoms with Crippen LogP contribution in [0.4, 0.5) is 17.2 Å².